The van der Waals surface area contributed by atoms with Crippen LogP contribution in [0.3, 0.4) is 0 Å². The van der Waals surface area contributed by atoms with Crippen LogP contribution in [0, 0.1) is 5.92 Å². The Hall–Kier alpha value is -0.120. The van der Waals surface area contributed by atoms with Gasteiger partial charge in [0.05, 0.1) is 0 Å². The fraction of sp³-hybridized carbons (Fsp3) is 1.00. The number of hydrazine groups is 1. The van der Waals surface area contributed by atoms with E-state index >= 15 is 0 Å². The van der Waals surface area contributed by atoms with E-state index in [4.69, 9.17) is 0 Å². The Labute approximate surface area is 100 Å². The number of hydrogen-bond donors (Lipinski definition) is 1. The molecule has 1 heterocycles. The van der Waals surface area contributed by atoms with E-state index in [-0.39, 0.29) is 0 Å². The normalized spacial score (nSPS) is 34.1. The van der Waals surface area contributed by atoms with Crippen LogP contribution in [0.5, 0.6) is 0 Å². The van der Waals surface area contributed by atoms with Gasteiger partial charge in [0.2, 0.25) is 0 Å². The monoisotopic (exact) mass is 225 g/mol. The van der Waals surface area contributed by atoms with Gasteiger partial charge in [0, 0.05) is 32.2 Å². The van der Waals surface area contributed by atoms with Gasteiger partial charge in [-0.2, -0.15) is 0 Å². The summed E-state index contributed by atoms with van der Waals surface area (Å²) in [6.45, 7) is 7.12. The molecule has 1 aliphatic heterocycles. The average molecular weight is 225 g/mol. The first-order valence-electron chi connectivity index (χ1n) is 6.97. The Morgan fingerprint density at radius 1 is 1.12 bits per heavy atom. The molecule has 2 fully saturated rings. The van der Waals surface area contributed by atoms with Gasteiger partial charge < -0.3 is 4.90 Å². The van der Waals surface area contributed by atoms with E-state index in [9.17, 15) is 0 Å². The summed E-state index contributed by atoms with van der Waals surface area (Å²) in [5.74, 6) is 0.971. The molecule has 94 valence electrons. The number of likely N-dealkylation sites (N-methyl/N-ethyl adjacent to an activating group) is 1. The highest BCUT2D eigenvalue weighted by Crippen LogP contribution is 2.26. The lowest BCUT2D eigenvalue weighted by Gasteiger charge is -2.38. The average Bonchev–Trinajstić information content (AvgIpc) is 2.32. The fourth-order valence-electron chi connectivity index (χ4n) is 2.97. The molecule has 1 saturated carbocycles. The molecule has 0 bridgehead atoms. The third kappa shape index (κ3) is 3.44. The van der Waals surface area contributed by atoms with Gasteiger partial charge >= 0.3 is 0 Å². The molecule has 0 amide bonds. The van der Waals surface area contributed by atoms with Crippen LogP contribution in [-0.4, -0.2) is 49.2 Å². The molecule has 3 nitrogen and oxygen atoms in total. The molecule has 2 aliphatic rings. The maximum absolute atomic E-state index is 3.75. The van der Waals surface area contributed by atoms with Crippen LogP contribution in [0.2, 0.25) is 0 Å². The third-order valence-corrected chi connectivity index (χ3v) is 4.23. The molecule has 2 unspecified atom stereocenters. The maximum Gasteiger partial charge on any atom is 0.0259 e. The number of nitrogens with zero attached hydrogens (tertiary/aromatic N) is 2. The first kappa shape index (κ1) is 12.3. The topological polar surface area (TPSA) is 18.5 Å². The summed E-state index contributed by atoms with van der Waals surface area (Å²) < 4.78 is 0. The fourth-order valence-corrected chi connectivity index (χ4v) is 2.97. The zero-order chi connectivity index (χ0) is 11.4. The second-order valence-corrected chi connectivity index (χ2v) is 5.56. The van der Waals surface area contributed by atoms with Gasteiger partial charge in [0.15, 0.2) is 0 Å². The van der Waals surface area contributed by atoms with Crippen molar-refractivity contribution in [3.05, 3.63) is 0 Å². The van der Waals surface area contributed by atoms with Crippen LogP contribution in [0.1, 0.15) is 39.0 Å². The van der Waals surface area contributed by atoms with Gasteiger partial charge in [0.1, 0.15) is 0 Å². The molecule has 0 aromatic heterocycles. The minimum atomic E-state index is 0.752. The third-order valence-electron chi connectivity index (χ3n) is 4.23. The van der Waals surface area contributed by atoms with Crippen LogP contribution in [-0.2, 0) is 0 Å². The molecule has 0 aromatic carbocycles. The van der Waals surface area contributed by atoms with Gasteiger partial charge in [-0.05, 0) is 25.8 Å². The van der Waals surface area contributed by atoms with Crippen molar-refractivity contribution in [3.63, 3.8) is 0 Å². The van der Waals surface area contributed by atoms with Crippen molar-refractivity contribution in [2.45, 2.75) is 45.1 Å². The summed E-state index contributed by atoms with van der Waals surface area (Å²) in [5.41, 5.74) is 3.75. The Morgan fingerprint density at radius 3 is 2.56 bits per heavy atom. The van der Waals surface area contributed by atoms with Gasteiger partial charge in [-0.1, -0.05) is 26.2 Å². The van der Waals surface area contributed by atoms with Crippen molar-refractivity contribution in [2.24, 2.45) is 5.92 Å². The molecule has 2 rings (SSSR count). The molecule has 16 heavy (non-hydrogen) atoms. The van der Waals surface area contributed by atoms with Gasteiger partial charge in [-0.15, -0.1) is 0 Å². The van der Waals surface area contributed by atoms with Gasteiger partial charge in [-0.3, -0.25) is 5.43 Å². The highest BCUT2D eigenvalue weighted by Gasteiger charge is 2.23. The van der Waals surface area contributed by atoms with Crippen molar-refractivity contribution < 1.29 is 0 Å². The summed E-state index contributed by atoms with van der Waals surface area (Å²) in [6, 6.07) is 0.752. The van der Waals surface area contributed by atoms with Crippen LogP contribution in [0.25, 0.3) is 0 Å². The van der Waals surface area contributed by atoms with Crippen molar-refractivity contribution in [3.8, 4) is 0 Å². The van der Waals surface area contributed by atoms with E-state index < -0.39 is 0 Å². The summed E-state index contributed by atoms with van der Waals surface area (Å²) >= 11 is 0. The van der Waals surface area contributed by atoms with E-state index in [1.54, 1.807) is 0 Å². The molecule has 1 aliphatic carbocycles. The predicted octanol–water partition coefficient (Wildman–Crippen LogP) is 1.71. The van der Waals surface area contributed by atoms with Gasteiger partial charge in [0.25, 0.3) is 0 Å². The highest BCUT2D eigenvalue weighted by atomic mass is 15.5. The summed E-state index contributed by atoms with van der Waals surface area (Å²) in [4.78, 5) is 2.41. The van der Waals surface area contributed by atoms with Crippen molar-refractivity contribution >= 4 is 0 Å². The lowest BCUT2D eigenvalue weighted by Crippen LogP contribution is -2.54. The van der Waals surface area contributed by atoms with Crippen LogP contribution < -0.4 is 5.43 Å². The molecule has 3 heteroatoms. The zero-order valence-corrected chi connectivity index (χ0v) is 10.9. The molecular formula is C13H27N3. The van der Waals surface area contributed by atoms with E-state index in [1.807, 2.05) is 0 Å². The maximum atomic E-state index is 3.75. The minimum Gasteiger partial charge on any atom is -0.304 e. The first-order chi connectivity index (χ1) is 7.78. The lowest BCUT2D eigenvalue weighted by molar-refractivity contribution is 0.0712. The standard InChI is InChI=1S/C13H27N3/c1-3-12-5-4-6-13(11-12)14-16-9-7-15(2)8-10-16/h12-14H,3-11H2,1-2H3. The minimum absolute atomic E-state index is 0.752. The summed E-state index contributed by atoms with van der Waals surface area (Å²) in [5, 5.41) is 2.45. The Bertz CT molecular complexity index is 199. The summed E-state index contributed by atoms with van der Waals surface area (Å²) in [6.07, 6.45) is 7.01. The van der Waals surface area contributed by atoms with E-state index in [0.29, 0.717) is 0 Å². The largest absolute Gasteiger partial charge is 0.304 e. The zero-order valence-electron chi connectivity index (χ0n) is 10.9. The van der Waals surface area contributed by atoms with E-state index in [2.05, 4.69) is 29.3 Å². The van der Waals surface area contributed by atoms with Crippen LogP contribution >= 0.6 is 0 Å². The molecule has 0 spiro atoms. The number of rotatable bonds is 3. The quantitative estimate of drug-likeness (QED) is 0.789. The highest BCUT2D eigenvalue weighted by molar-refractivity contribution is 4.78. The van der Waals surface area contributed by atoms with E-state index in [0.717, 1.165) is 12.0 Å². The van der Waals surface area contributed by atoms with Crippen LogP contribution in [0.15, 0.2) is 0 Å². The second-order valence-electron chi connectivity index (χ2n) is 5.56. The molecule has 2 atom stereocenters. The van der Waals surface area contributed by atoms with Crippen molar-refractivity contribution in [2.75, 3.05) is 33.2 Å². The second kappa shape index (κ2) is 5.99. The van der Waals surface area contributed by atoms with Crippen molar-refractivity contribution in [1.29, 1.82) is 0 Å². The smallest absolute Gasteiger partial charge is 0.0259 e. The SMILES string of the molecule is CCC1CCCC(NN2CCN(C)CC2)C1. The Kier molecular flexibility index (Phi) is 4.62. The Balaban J connectivity index is 1.72. The number of hydrogen-bond acceptors (Lipinski definition) is 3. The first-order valence-corrected chi connectivity index (χ1v) is 6.97. The number of nitrogens with one attached hydrogen (secondary N) is 1. The predicted molar refractivity (Wildman–Crippen MR) is 68.2 cm³/mol. The van der Waals surface area contributed by atoms with Crippen molar-refractivity contribution in [1.82, 2.24) is 15.3 Å². The van der Waals surface area contributed by atoms with E-state index in [1.165, 1.54) is 58.3 Å². The molecule has 1 N–H and O–H groups in total. The summed E-state index contributed by atoms with van der Waals surface area (Å²) in [7, 11) is 2.21. The number of piperazine rings is 1. The lowest BCUT2D eigenvalue weighted by atomic mass is 9.84. The molecule has 0 aromatic rings. The Morgan fingerprint density at radius 2 is 1.88 bits per heavy atom. The molecule has 1 saturated heterocycles. The molecule has 0 radical (unpaired) electrons. The van der Waals surface area contributed by atoms with Gasteiger partial charge in [-0.25, -0.2) is 5.01 Å². The van der Waals surface area contributed by atoms with Crippen LogP contribution in [0.4, 0.5) is 0 Å². The molecular weight excluding hydrogens is 198 g/mol.